The summed E-state index contributed by atoms with van der Waals surface area (Å²) in [4.78, 5) is 12.2. The molecule has 0 saturated carbocycles. The van der Waals surface area contributed by atoms with Gasteiger partial charge in [-0.3, -0.25) is 0 Å². The Bertz CT molecular complexity index is 582. The van der Waals surface area contributed by atoms with Gasteiger partial charge in [-0.1, -0.05) is 0 Å². The summed E-state index contributed by atoms with van der Waals surface area (Å²) in [6, 6.07) is 7.74. The summed E-state index contributed by atoms with van der Waals surface area (Å²) in [6.07, 6.45) is 4.44. The number of aliphatic hydroxyl groups excluding tert-OH is 1. The minimum atomic E-state index is -0.801. The van der Waals surface area contributed by atoms with Gasteiger partial charge in [-0.15, -0.1) is 0 Å². The third-order valence-electron chi connectivity index (χ3n) is 2.89. The molecule has 1 radical (unpaired) electrons. The van der Waals surface area contributed by atoms with Crippen molar-refractivity contribution in [1.82, 2.24) is 0 Å². The number of benzene rings is 1. The van der Waals surface area contributed by atoms with Gasteiger partial charge in [0.05, 0.1) is 0 Å². The van der Waals surface area contributed by atoms with Gasteiger partial charge in [0.1, 0.15) is 0 Å². The molecule has 1 aliphatic heterocycles. The summed E-state index contributed by atoms with van der Waals surface area (Å²) < 4.78 is 1.27. The van der Waals surface area contributed by atoms with Crippen molar-refractivity contribution in [2.75, 3.05) is 0 Å². The number of aliphatic hydroxyl groups is 1. The maximum absolute atomic E-state index is 12.2. The molecular formula is C13H11GeO3. The van der Waals surface area contributed by atoms with E-state index in [1.54, 1.807) is 6.08 Å². The van der Waals surface area contributed by atoms with Crippen LogP contribution in [0.15, 0.2) is 46.4 Å². The summed E-state index contributed by atoms with van der Waals surface area (Å²) >= 11 is -0.801. The molecule has 3 rings (SSSR count). The van der Waals surface area contributed by atoms with Crippen molar-refractivity contribution >= 4 is 25.3 Å². The first-order valence-corrected chi connectivity index (χ1v) is 7.22. The van der Waals surface area contributed by atoms with Gasteiger partial charge in [0.15, 0.2) is 0 Å². The summed E-state index contributed by atoms with van der Waals surface area (Å²) in [5, 5.41) is 9.51. The summed E-state index contributed by atoms with van der Waals surface area (Å²) in [5.41, 5.74) is 3.01. The fourth-order valence-corrected chi connectivity index (χ4v) is 4.20. The van der Waals surface area contributed by atoms with Crippen LogP contribution in [-0.4, -0.2) is 35.9 Å². The van der Waals surface area contributed by atoms with Crippen LogP contribution in [0, 0.1) is 0 Å². The second-order valence-electron chi connectivity index (χ2n) is 3.91. The predicted octanol–water partition coefficient (Wildman–Crippen LogP) is 0.631. The summed E-state index contributed by atoms with van der Waals surface area (Å²) in [6.45, 7) is 0. The van der Waals surface area contributed by atoms with Crippen LogP contribution < -0.4 is 0 Å². The Kier molecular flexibility index (Phi) is 3.13. The van der Waals surface area contributed by atoms with Gasteiger partial charge in [-0.05, 0) is 0 Å². The first kappa shape index (κ1) is 12.0. The van der Waals surface area contributed by atoms with Gasteiger partial charge < -0.3 is 5.48 Å². The van der Waals surface area contributed by atoms with E-state index >= 15 is 0 Å². The zero-order valence-electron chi connectivity index (χ0n) is 9.03. The molecule has 0 aromatic heterocycles. The predicted molar refractivity (Wildman–Crippen MR) is 67.0 cm³/mol. The van der Waals surface area contributed by atoms with Gasteiger partial charge in [0.25, 0.3) is 0 Å². The van der Waals surface area contributed by atoms with Crippen molar-refractivity contribution < 1.29 is 15.4 Å². The Balaban J connectivity index is 0.00000108. The second-order valence-corrected chi connectivity index (χ2v) is 6.56. The molecule has 1 aliphatic carbocycles. The van der Waals surface area contributed by atoms with Crippen molar-refractivity contribution in [1.29, 1.82) is 0 Å². The van der Waals surface area contributed by atoms with E-state index in [1.807, 2.05) is 30.3 Å². The number of Topliss-reactive ketones (excluding diaryl/α,β-unsaturated/α-hetero) is 1. The molecule has 3 N–H and O–H groups in total. The average Bonchev–Trinajstić information content (AvgIpc) is 2.31. The molecule has 0 amide bonds. The van der Waals surface area contributed by atoms with Crippen molar-refractivity contribution in [3.63, 3.8) is 0 Å². The Morgan fingerprint density at radius 3 is 2.76 bits per heavy atom. The van der Waals surface area contributed by atoms with Crippen LogP contribution in [0.4, 0.5) is 0 Å². The molecule has 3 nitrogen and oxygen atoms in total. The number of ketones is 1. The first-order valence-electron chi connectivity index (χ1n) is 5.12. The van der Waals surface area contributed by atoms with Crippen LogP contribution in [-0.2, 0) is 6.42 Å². The van der Waals surface area contributed by atoms with Gasteiger partial charge in [0.2, 0.25) is 0 Å². The van der Waals surface area contributed by atoms with E-state index in [0.29, 0.717) is 4.54 Å². The molecule has 1 aromatic carbocycles. The number of hydrogen-bond donors (Lipinski definition) is 1. The van der Waals surface area contributed by atoms with E-state index in [0.717, 1.165) is 27.5 Å². The monoisotopic (exact) mass is 289 g/mol. The number of hydrogen-bond acceptors (Lipinski definition) is 2. The number of rotatable bonds is 0. The van der Waals surface area contributed by atoms with Gasteiger partial charge in [-0.25, -0.2) is 0 Å². The molecule has 0 spiro atoms. The van der Waals surface area contributed by atoms with Crippen LogP contribution in [0.1, 0.15) is 15.9 Å². The molecule has 0 fully saturated rings. The molecule has 0 unspecified atom stereocenters. The average molecular weight is 288 g/mol. The Hall–Kier alpha value is -1.46. The normalized spacial score (nSPS) is 16.9. The van der Waals surface area contributed by atoms with Crippen LogP contribution >= 0.6 is 0 Å². The van der Waals surface area contributed by atoms with E-state index in [2.05, 4.69) is 0 Å². The van der Waals surface area contributed by atoms with Crippen LogP contribution in [0.25, 0.3) is 0 Å². The Morgan fingerprint density at radius 1 is 1.18 bits per heavy atom. The Morgan fingerprint density at radius 2 is 1.94 bits per heavy atom. The maximum atomic E-state index is 12.2. The standard InChI is InChI=1S/C13H9GeO2.H2O/c15-11-6-5-9-7-8-3-1-2-4-10(8)13(16)12(9)14-11;/h1-6,15H,7H2;1H2. The van der Waals surface area contributed by atoms with Crippen molar-refractivity contribution in [3.8, 4) is 0 Å². The van der Waals surface area contributed by atoms with Crippen molar-refractivity contribution in [2.24, 2.45) is 0 Å². The third-order valence-corrected chi connectivity index (χ3v) is 5.45. The molecule has 0 bridgehead atoms. The van der Waals surface area contributed by atoms with Crippen molar-refractivity contribution in [2.45, 2.75) is 6.42 Å². The quantitative estimate of drug-likeness (QED) is 0.711. The van der Waals surface area contributed by atoms with Crippen molar-refractivity contribution in [3.05, 3.63) is 57.5 Å². The molecule has 2 aliphatic rings. The molecule has 1 aromatic rings. The zero-order valence-corrected chi connectivity index (χ0v) is 11.1. The molecular weight excluding hydrogens is 277 g/mol. The summed E-state index contributed by atoms with van der Waals surface area (Å²) in [5.74, 6) is 0.118. The van der Waals surface area contributed by atoms with Crippen LogP contribution in [0.3, 0.4) is 0 Å². The first-order chi connectivity index (χ1) is 7.75. The summed E-state index contributed by atoms with van der Waals surface area (Å²) in [7, 11) is 0. The van der Waals surface area contributed by atoms with E-state index in [9.17, 15) is 9.90 Å². The van der Waals surface area contributed by atoms with Gasteiger partial charge in [0, 0.05) is 0 Å². The molecule has 1 heterocycles. The molecule has 4 heteroatoms. The molecule has 17 heavy (non-hydrogen) atoms. The SMILES string of the molecule is O.O=C1[C]2=C(C=C[C](O)=[Ge]2)Cc2ccccc21. The fraction of sp³-hybridized carbons (Fsp3) is 0.0769. The number of allylic oxidation sites excluding steroid dienone is 3. The Labute approximate surface area is 105 Å². The number of carbonyl (C=O) groups excluding carboxylic acids is 1. The number of fused-ring (bicyclic) bond motifs is 1. The van der Waals surface area contributed by atoms with Gasteiger partial charge in [-0.2, -0.15) is 0 Å². The molecule has 0 atom stereocenters. The minimum absolute atomic E-state index is 0. The number of carbonyl (C=O) groups is 1. The van der Waals surface area contributed by atoms with E-state index < -0.39 is 15.0 Å². The molecule has 0 saturated heterocycles. The zero-order chi connectivity index (χ0) is 11.1. The van der Waals surface area contributed by atoms with Crippen LogP contribution in [0.2, 0.25) is 0 Å². The second kappa shape index (κ2) is 4.43. The van der Waals surface area contributed by atoms with Gasteiger partial charge >= 0.3 is 99.2 Å². The molecule has 85 valence electrons. The topological polar surface area (TPSA) is 68.8 Å². The van der Waals surface area contributed by atoms with E-state index in [1.165, 1.54) is 0 Å². The fourth-order valence-electron chi connectivity index (χ4n) is 2.10. The van der Waals surface area contributed by atoms with Crippen LogP contribution in [0.5, 0.6) is 0 Å². The van der Waals surface area contributed by atoms with E-state index in [4.69, 9.17) is 0 Å². The third kappa shape index (κ3) is 1.92. The van der Waals surface area contributed by atoms with E-state index in [-0.39, 0.29) is 11.3 Å².